The van der Waals surface area contributed by atoms with Crippen molar-refractivity contribution in [3.05, 3.63) is 60.2 Å². The Kier molecular flexibility index (Phi) is 2.41. The van der Waals surface area contributed by atoms with Gasteiger partial charge in [0.15, 0.2) is 6.29 Å². The molecular weight excluding hydrogens is 231 g/mol. The maximum atomic E-state index is 13.8. The molecule has 2 heterocycles. The highest BCUT2D eigenvalue weighted by Gasteiger charge is 2.14. The highest BCUT2D eigenvalue weighted by Crippen LogP contribution is 2.24. The summed E-state index contributed by atoms with van der Waals surface area (Å²) < 4.78 is 15.5. The van der Waals surface area contributed by atoms with Gasteiger partial charge in [0.2, 0.25) is 0 Å². The molecule has 4 heteroatoms. The summed E-state index contributed by atoms with van der Waals surface area (Å²) in [5.41, 5.74) is 1.37. The smallest absolute Gasteiger partial charge is 0.170 e. The first-order valence-electron chi connectivity index (χ1n) is 5.48. The zero-order valence-corrected chi connectivity index (χ0v) is 9.38. The van der Waals surface area contributed by atoms with E-state index in [1.54, 1.807) is 34.9 Å². The van der Waals surface area contributed by atoms with Gasteiger partial charge in [-0.1, -0.05) is 18.2 Å². The minimum atomic E-state index is -0.356. The summed E-state index contributed by atoms with van der Waals surface area (Å²) in [5, 5.41) is 0. The molecule has 0 saturated carbocycles. The summed E-state index contributed by atoms with van der Waals surface area (Å²) >= 11 is 0. The molecule has 0 saturated heterocycles. The van der Waals surface area contributed by atoms with Crippen LogP contribution >= 0.6 is 0 Å². The third-order valence-electron chi connectivity index (χ3n) is 2.80. The van der Waals surface area contributed by atoms with Crippen molar-refractivity contribution in [2.45, 2.75) is 0 Å². The van der Waals surface area contributed by atoms with Crippen LogP contribution in [0.25, 0.3) is 16.9 Å². The molecule has 3 nitrogen and oxygen atoms in total. The Hall–Kier alpha value is -2.49. The third-order valence-corrected chi connectivity index (χ3v) is 2.80. The molecule has 2 aromatic heterocycles. The van der Waals surface area contributed by atoms with Crippen molar-refractivity contribution in [3.8, 4) is 11.4 Å². The molecule has 1 aromatic carbocycles. The maximum absolute atomic E-state index is 13.8. The largest absolute Gasteiger partial charge is 0.299 e. The number of carbonyl (C=O) groups excluding carboxylic acids is 1. The zero-order chi connectivity index (χ0) is 12.5. The van der Waals surface area contributed by atoms with E-state index in [-0.39, 0.29) is 5.82 Å². The molecule has 3 aromatic rings. The van der Waals surface area contributed by atoms with E-state index in [1.807, 2.05) is 12.1 Å². The molecule has 0 aliphatic carbocycles. The van der Waals surface area contributed by atoms with E-state index in [0.29, 0.717) is 28.9 Å². The van der Waals surface area contributed by atoms with Gasteiger partial charge < -0.3 is 0 Å². The third kappa shape index (κ3) is 1.50. The minimum Gasteiger partial charge on any atom is -0.299 e. The van der Waals surface area contributed by atoms with E-state index in [9.17, 15) is 9.18 Å². The number of nitrogens with zero attached hydrogens (tertiary/aromatic N) is 2. The van der Waals surface area contributed by atoms with E-state index in [0.717, 1.165) is 0 Å². The lowest BCUT2D eigenvalue weighted by Gasteiger charge is -2.01. The maximum Gasteiger partial charge on any atom is 0.170 e. The van der Waals surface area contributed by atoms with Crippen LogP contribution in [0.3, 0.4) is 0 Å². The number of aldehydes is 1. The van der Waals surface area contributed by atoms with Gasteiger partial charge in [-0.25, -0.2) is 9.37 Å². The Balaban J connectivity index is 2.37. The number of pyridine rings is 1. The Morgan fingerprint density at radius 3 is 2.67 bits per heavy atom. The van der Waals surface area contributed by atoms with Crippen molar-refractivity contribution in [2.24, 2.45) is 0 Å². The van der Waals surface area contributed by atoms with E-state index in [1.165, 1.54) is 6.07 Å². The lowest BCUT2D eigenvalue weighted by molar-refractivity contribution is 0.112. The molecule has 0 spiro atoms. The number of halogens is 1. The Bertz CT molecular complexity index is 733. The van der Waals surface area contributed by atoms with E-state index in [2.05, 4.69) is 4.98 Å². The fourth-order valence-electron chi connectivity index (χ4n) is 1.98. The van der Waals surface area contributed by atoms with E-state index in [4.69, 9.17) is 0 Å². The number of aromatic nitrogens is 2. The van der Waals surface area contributed by atoms with Gasteiger partial charge in [0.05, 0.1) is 11.1 Å². The fraction of sp³-hybridized carbons (Fsp3) is 0. The molecule has 18 heavy (non-hydrogen) atoms. The van der Waals surface area contributed by atoms with Crippen LogP contribution in [0.1, 0.15) is 10.5 Å². The summed E-state index contributed by atoms with van der Waals surface area (Å²) in [4.78, 5) is 15.2. The van der Waals surface area contributed by atoms with Crippen molar-refractivity contribution in [3.63, 3.8) is 0 Å². The first-order chi connectivity index (χ1) is 8.81. The second kappa shape index (κ2) is 4.07. The van der Waals surface area contributed by atoms with Crippen LogP contribution in [-0.4, -0.2) is 15.7 Å². The van der Waals surface area contributed by atoms with E-state index < -0.39 is 0 Å². The predicted octanol–water partition coefficient (Wildman–Crippen LogP) is 2.95. The van der Waals surface area contributed by atoms with Crippen LogP contribution < -0.4 is 0 Å². The number of fused-ring (bicyclic) bond motifs is 1. The van der Waals surface area contributed by atoms with Gasteiger partial charge in [-0.2, -0.15) is 0 Å². The van der Waals surface area contributed by atoms with Gasteiger partial charge in [-0.15, -0.1) is 0 Å². The van der Waals surface area contributed by atoms with Gasteiger partial charge in [0.1, 0.15) is 17.3 Å². The average Bonchev–Trinajstić information content (AvgIpc) is 2.78. The van der Waals surface area contributed by atoms with Crippen LogP contribution in [0.15, 0.2) is 48.7 Å². The zero-order valence-electron chi connectivity index (χ0n) is 9.38. The molecular formula is C14H9FN2O. The highest BCUT2D eigenvalue weighted by atomic mass is 19.1. The average molecular weight is 240 g/mol. The number of hydrogen-bond acceptors (Lipinski definition) is 2. The molecule has 0 aliphatic heterocycles. The van der Waals surface area contributed by atoms with Crippen molar-refractivity contribution in [1.29, 1.82) is 0 Å². The first kappa shape index (κ1) is 10.7. The van der Waals surface area contributed by atoms with Gasteiger partial charge in [0.25, 0.3) is 0 Å². The topological polar surface area (TPSA) is 34.4 Å². The number of hydrogen-bond donors (Lipinski definition) is 0. The van der Waals surface area contributed by atoms with Gasteiger partial charge >= 0.3 is 0 Å². The summed E-state index contributed by atoms with van der Waals surface area (Å²) in [6.45, 7) is 0. The normalized spacial score (nSPS) is 10.7. The Labute approximate surface area is 103 Å². The fourth-order valence-corrected chi connectivity index (χ4v) is 1.98. The minimum absolute atomic E-state index is 0.314. The molecule has 0 bridgehead atoms. The SMILES string of the molecule is O=Cc1nc(-c2ccccc2F)n2ccccc12. The molecule has 0 amide bonds. The van der Waals surface area contributed by atoms with Crippen LogP contribution in [0.5, 0.6) is 0 Å². The molecule has 0 radical (unpaired) electrons. The lowest BCUT2D eigenvalue weighted by atomic mass is 10.2. The monoisotopic (exact) mass is 240 g/mol. The Morgan fingerprint density at radius 1 is 1.11 bits per heavy atom. The van der Waals surface area contributed by atoms with Crippen molar-refractivity contribution < 1.29 is 9.18 Å². The first-order valence-corrected chi connectivity index (χ1v) is 5.48. The molecule has 0 aliphatic rings. The molecule has 0 atom stereocenters. The van der Waals surface area contributed by atoms with Gasteiger partial charge in [0, 0.05) is 6.20 Å². The van der Waals surface area contributed by atoms with Crippen LogP contribution in [0.2, 0.25) is 0 Å². The highest BCUT2D eigenvalue weighted by molar-refractivity contribution is 5.86. The molecule has 0 fully saturated rings. The molecule has 88 valence electrons. The van der Waals surface area contributed by atoms with Crippen LogP contribution in [0.4, 0.5) is 4.39 Å². The molecule has 0 unspecified atom stereocenters. The number of imidazole rings is 1. The summed E-state index contributed by atoms with van der Waals surface area (Å²) in [7, 11) is 0. The van der Waals surface area contributed by atoms with Crippen molar-refractivity contribution >= 4 is 11.8 Å². The number of rotatable bonds is 2. The standard InChI is InChI=1S/C14H9FN2O/c15-11-6-2-1-5-10(11)14-16-12(9-18)13-7-3-4-8-17(13)14/h1-9H. The predicted molar refractivity (Wildman–Crippen MR) is 66.0 cm³/mol. The Morgan fingerprint density at radius 2 is 1.89 bits per heavy atom. The van der Waals surface area contributed by atoms with Crippen molar-refractivity contribution in [1.82, 2.24) is 9.38 Å². The summed E-state index contributed by atoms with van der Waals surface area (Å²) in [6.07, 6.45) is 2.44. The lowest BCUT2D eigenvalue weighted by Crippen LogP contribution is -1.91. The second-order valence-corrected chi connectivity index (χ2v) is 3.87. The summed E-state index contributed by atoms with van der Waals surface area (Å²) in [6, 6.07) is 11.8. The van der Waals surface area contributed by atoms with E-state index >= 15 is 0 Å². The van der Waals surface area contributed by atoms with Crippen molar-refractivity contribution in [2.75, 3.05) is 0 Å². The van der Waals surface area contributed by atoms with Gasteiger partial charge in [-0.05, 0) is 24.3 Å². The number of benzene rings is 1. The van der Waals surface area contributed by atoms with Crippen LogP contribution in [0, 0.1) is 5.82 Å². The van der Waals surface area contributed by atoms with Gasteiger partial charge in [-0.3, -0.25) is 9.20 Å². The second-order valence-electron chi connectivity index (χ2n) is 3.87. The summed E-state index contributed by atoms with van der Waals surface area (Å²) in [5.74, 6) is 0.0801. The molecule has 3 rings (SSSR count). The molecule has 0 N–H and O–H groups in total. The van der Waals surface area contributed by atoms with Crippen LogP contribution in [-0.2, 0) is 0 Å². The number of carbonyl (C=O) groups is 1. The quantitative estimate of drug-likeness (QED) is 0.645.